The number of hydrogen-bond donors (Lipinski definition) is 2. The number of benzene rings is 2. The fourth-order valence-electron chi connectivity index (χ4n) is 2.65. The van der Waals surface area contributed by atoms with Crippen molar-refractivity contribution in [1.82, 2.24) is 0 Å². The molecule has 0 saturated heterocycles. The molecule has 0 aliphatic carbocycles. The molecule has 0 radical (unpaired) electrons. The van der Waals surface area contributed by atoms with Gasteiger partial charge in [-0.25, -0.2) is 0 Å². The third-order valence-corrected chi connectivity index (χ3v) is 4.51. The van der Waals surface area contributed by atoms with Gasteiger partial charge in [0.25, 0.3) is 0 Å². The molecule has 4 heteroatoms. The summed E-state index contributed by atoms with van der Waals surface area (Å²) in [4.78, 5) is 0. The molecule has 1 aliphatic rings. The van der Waals surface area contributed by atoms with Crippen LogP contribution in [0, 0.1) is 0 Å². The summed E-state index contributed by atoms with van der Waals surface area (Å²) in [6, 6.07) is 11.9. The molecule has 2 aromatic rings. The summed E-state index contributed by atoms with van der Waals surface area (Å²) < 4.78 is 0.947. The third kappa shape index (κ3) is 2.71. The standard InChI is InChI=1S/C16H15BrClNO/c17-12-5-4-11(14(18)9-12)8-15(20)13-3-1-2-10-6-7-19-16(10)13/h1-5,9,15,19-20H,6-8H2. The number of para-hydroxylation sites is 1. The Bertz CT molecular complexity index is 644. The molecule has 1 aliphatic heterocycles. The van der Waals surface area contributed by atoms with Gasteiger partial charge in [-0.3, -0.25) is 0 Å². The van der Waals surface area contributed by atoms with E-state index in [1.54, 1.807) is 0 Å². The lowest BCUT2D eigenvalue weighted by Crippen LogP contribution is -2.05. The van der Waals surface area contributed by atoms with Gasteiger partial charge in [0, 0.05) is 33.7 Å². The Hall–Kier alpha value is -1.03. The third-order valence-electron chi connectivity index (χ3n) is 3.67. The molecular weight excluding hydrogens is 338 g/mol. The molecule has 2 aromatic carbocycles. The number of aliphatic hydroxyl groups excluding tert-OH is 1. The fourth-order valence-corrected chi connectivity index (χ4v) is 3.40. The van der Waals surface area contributed by atoms with Crippen molar-refractivity contribution in [3.63, 3.8) is 0 Å². The van der Waals surface area contributed by atoms with Crippen molar-refractivity contribution in [2.24, 2.45) is 0 Å². The van der Waals surface area contributed by atoms with Gasteiger partial charge in [0.15, 0.2) is 0 Å². The molecule has 20 heavy (non-hydrogen) atoms. The monoisotopic (exact) mass is 351 g/mol. The van der Waals surface area contributed by atoms with E-state index >= 15 is 0 Å². The minimum absolute atomic E-state index is 0.518. The Balaban J connectivity index is 1.86. The van der Waals surface area contributed by atoms with E-state index in [2.05, 4.69) is 27.3 Å². The number of halogens is 2. The van der Waals surface area contributed by atoms with E-state index in [-0.39, 0.29) is 0 Å². The van der Waals surface area contributed by atoms with Gasteiger partial charge in [-0.15, -0.1) is 0 Å². The lowest BCUT2D eigenvalue weighted by molar-refractivity contribution is 0.179. The van der Waals surface area contributed by atoms with E-state index in [0.717, 1.165) is 34.3 Å². The first-order chi connectivity index (χ1) is 9.65. The lowest BCUT2D eigenvalue weighted by Gasteiger charge is -2.16. The van der Waals surface area contributed by atoms with Gasteiger partial charge >= 0.3 is 0 Å². The summed E-state index contributed by atoms with van der Waals surface area (Å²) in [6.07, 6.45) is 0.994. The summed E-state index contributed by atoms with van der Waals surface area (Å²) >= 11 is 9.61. The molecule has 0 saturated carbocycles. The SMILES string of the molecule is OC(Cc1ccc(Br)cc1Cl)c1cccc2c1NCC2. The average Bonchev–Trinajstić information content (AvgIpc) is 2.90. The number of anilines is 1. The van der Waals surface area contributed by atoms with Crippen LogP contribution in [-0.4, -0.2) is 11.7 Å². The molecular formula is C16H15BrClNO. The maximum absolute atomic E-state index is 10.5. The van der Waals surface area contributed by atoms with Crippen molar-refractivity contribution in [1.29, 1.82) is 0 Å². The lowest BCUT2D eigenvalue weighted by atomic mass is 9.98. The molecule has 2 N–H and O–H groups in total. The van der Waals surface area contributed by atoms with Crippen molar-refractivity contribution < 1.29 is 5.11 Å². The van der Waals surface area contributed by atoms with Crippen molar-refractivity contribution in [3.8, 4) is 0 Å². The first kappa shape index (κ1) is 13.9. The van der Waals surface area contributed by atoms with Gasteiger partial charge in [-0.05, 0) is 29.7 Å². The van der Waals surface area contributed by atoms with Crippen LogP contribution in [0.1, 0.15) is 22.8 Å². The van der Waals surface area contributed by atoms with E-state index in [9.17, 15) is 5.11 Å². The molecule has 0 aromatic heterocycles. The quantitative estimate of drug-likeness (QED) is 0.861. The van der Waals surface area contributed by atoms with Gasteiger partial charge in [-0.1, -0.05) is 51.8 Å². The number of rotatable bonds is 3. The molecule has 0 amide bonds. The van der Waals surface area contributed by atoms with Gasteiger partial charge in [0.05, 0.1) is 6.10 Å². The molecule has 1 heterocycles. The number of hydrogen-bond acceptors (Lipinski definition) is 2. The van der Waals surface area contributed by atoms with E-state index in [1.807, 2.05) is 30.3 Å². The summed E-state index contributed by atoms with van der Waals surface area (Å²) in [6.45, 7) is 0.943. The van der Waals surface area contributed by atoms with Gasteiger partial charge in [-0.2, -0.15) is 0 Å². The normalized spacial score (nSPS) is 14.8. The zero-order valence-electron chi connectivity index (χ0n) is 10.9. The second-order valence-electron chi connectivity index (χ2n) is 5.01. The van der Waals surface area contributed by atoms with Crippen LogP contribution < -0.4 is 5.32 Å². The van der Waals surface area contributed by atoms with Crippen molar-refractivity contribution in [2.45, 2.75) is 18.9 Å². The van der Waals surface area contributed by atoms with Gasteiger partial charge in [0.1, 0.15) is 0 Å². The van der Waals surface area contributed by atoms with Crippen LogP contribution in [0.5, 0.6) is 0 Å². The van der Waals surface area contributed by atoms with Crippen LogP contribution in [0.2, 0.25) is 5.02 Å². The van der Waals surface area contributed by atoms with Crippen molar-refractivity contribution in [2.75, 3.05) is 11.9 Å². The number of fused-ring (bicyclic) bond motifs is 1. The molecule has 104 valence electrons. The highest BCUT2D eigenvalue weighted by molar-refractivity contribution is 9.10. The van der Waals surface area contributed by atoms with E-state index in [0.29, 0.717) is 11.4 Å². The van der Waals surface area contributed by atoms with Crippen molar-refractivity contribution >= 4 is 33.2 Å². The molecule has 2 nitrogen and oxygen atoms in total. The highest BCUT2D eigenvalue weighted by Gasteiger charge is 2.19. The first-order valence-corrected chi connectivity index (χ1v) is 7.80. The zero-order chi connectivity index (χ0) is 14.1. The molecule has 1 atom stereocenters. The van der Waals surface area contributed by atoms with E-state index in [4.69, 9.17) is 11.6 Å². The van der Waals surface area contributed by atoms with E-state index in [1.165, 1.54) is 5.56 Å². The highest BCUT2D eigenvalue weighted by atomic mass is 79.9. The number of aliphatic hydroxyl groups is 1. The minimum Gasteiger partial charge on any atom is -0.388 e. The minimum atomic E-state index is -0.547. The second kappa shape index (κ2) is 5.76. The molecule has 0 bridgehead atoms. The van der Waals surface area contributed by atoms with Crippen LogP contribution in [0.15, 0.2) is 40.9 Å². The van der Waals surface area contributed by atoms with E-state index < -0.39 is 6.10 Å². The highest BCUT2D eigenvalue weighted by Crippen LogP contribution is 2.33. The van der Waals surface area contributed by atoms with Crippen LogP contribution >= 0.6 is 27.5 Å². The summed E-state index contributed by atoms with van der Waals surface area (Å²) in [5.74, 6) is 0. The Morgan fingerprint density at radius 2 is 2.15 bits per heavy atom. The van der Waals surface area contributed by atoms with Crippen LogP contribution in [0.3, 0.4) is 0 Å². The fraction of sp³-hybridized carbons (Fsp3) is 0.250. The molecule has 0 spiro atoms. The Morgan fingerprint density at radius 1 is 1.30 bits per heavy atom. The maximum atomic E-state index is 10.5. The van der Waals surface area contributed by atoms with Crippen molar-refractivity contribution in [3.05, 3.63) is 62.6 Å². The van der Waals surface area contributed by atoms with Gasteiger partial charge in [0.2, 0.25) is 0 Å². The predicted molar refractivity (Wildman–Crippen MR) is 86.5 cm³/mol. The first-order valence-electron chi connectivity index (χ1n) is 6.63. The molecule has 1 unspecified atom stereocenters. The average molecular weight is 353 g/mol. The summed E-state index contributed by atoms with van der Waals surface area (Å²) in [5.41, 5.74) is 4.29. The smallest absolute Gasteiger partial charge is 0.0850 e. The Labute approximate surface area is 131 Å². The topological polar surface area (TPSA) is 32.3 Å². The molecule has 0 fully saturated rings. The number of nitrogens with one attached hydrogen (secondary N) is 1. The largest absolute Gasteiger partial charge is 0.388 e. The Kier molecular flexibility index (Phi) is 4.01. The van der Waals surface area contributed by atoms with Gasteiger partial charge < -0.3 is 10.4 Å². The van der Waals surface area contributed by atoms with Crippen LogP contribution in [0.4, 0.5) is 5.69 Å². The Morgan fingerprint density at radius 3 is 2.95 bits per heavy atom. The van der Waals surface area contributed by atoms with Crippen LogP contribution in [0.25, 0.3) is 0 Å². The summed E-state index contributed by atoms with van der Waals surface area (Å²) in [5, 5.41) is 14.6. The summed E-state index contributed by atoms with van der Waals surface area (Å²) in [7, 11) is 0. The maximum Gasteiger partial charge on any atom is 0.0850 e. The molecule has 3 rings (SSSR count). The second-order valence-corrected chi connectivity index (χ2v) is 6.34. The zero-order valence-corrected chi connectivity index (χ0v) is 13.2. The predicted octanol–water partition coefficient (Wildman–Crippen LogP) is 4.35. The van der Waals surface area contributed by atoms with Crippen LogP contribution in [-0.2, 0) is 12.8 Å².